The molecule has 1 heterocycles. The van der Waals surface area contributed by atoms with E-state index in [1.54, 1.807) is 36.5 Å². The van der Waals surface area contributed by atoms with Crippen molar-refractivity contribution in [1.29, 1.82) is 0 Å². The standard InChI is InChI=1S/C19H20FIO2S/c1-2-23-19(22)13-15(5-3-4-12-21)18-11-10-17(24-18)14-6-8-16(20)9-7-14/h6-11,13H,2-5,12H2,1H3/b15-13-. The molecule has 0 radical (unpaired) electrons. The van der Waals surface area contributed by atoms with Crippen molar-refractivity contribution in [2.45, 2.75) is 26.2 Å². The van der Waals surface area contributed by atoms with Crippen molar-refractivity contribution in [2.75, 3.05) is 11.0 Å². The van der Waals surface area contributed by atoms with Crippen LogP contribution in [0.15, 0.2) is 42.5 Å². The summed E-state index contributed by atoms with van der Waals surface area (Å²) >= 11 is 3.98. The molecule has 1 aromatic heterocycles. The van der Waals surface area contributed by atoms with Gasteiger partial charge in [0.1, 0.15) is 5.82 Å². The molecule has 0 bridgehead atoms. The van der Waals surface area contributed by atoms with Gasteiger partial charge >= 0.3 is 5.97 Å². The molecule has 0 unspecified atom stereocenters. The highest BCUT2D eigenvalue weighted by molar-refractivity contribution is 14.1. The number of alkyl halides is 1. The first-order valence-electron chi connectivity index (χ1n) is 7.93. The largest absolute Gasteiger partial charge is 0.463 e. The zero-order valence-corrected chi connectivity index (χ0v) is 16.5. The summed E-state index contributed by atoms with van der Waals surface area (Å²) in [5.41, 5.74) is 1.99. The fourth-order valence-corrected chi connectivity index (χ4v) is 3.88. The summed E-state index contributed by atoms with van der Waals surface area (Å²) < 4.78 is 19.2. The molecule has 0 aliphatic carbocycles. The van der Waals surface area contributed by atoms with Crippen LogP contribution in [0.25, 0.3) is 16.0 Å². The Kier molecular flexibility index (Phi) is 7.91. The molecule has 0 fully saturated rings. The average molecular weight is 458 g/mol. The number of benzene rings is 1. The monoisotopic (exact) mass is 458 g/mol. The third kappa shape index (κ3) is 5.70. The van der Waals surface area contributed by atoms with Crippen molar-refractivity contribution in [2.24, 2.45) is 0 Å². The molecule has 0 amide bonds. The maximum atomic E-state index is 13.1. The molecular weight excluding hydrogens is 438 g/mol. The van der Waals surface area contributed by atoms with E-state index >= 15 is 0 Å². The van der Waals surface area contributed by atoms with Gasteiger partial charge in [0.2, 0.25) is 0 Å². The van der Waals surface area contributed by atoms with Gasteiger partial charge in [-0.25, -0.2) is 9.18 Å². The van der Waals surface area contributed by atoms with Crippen molar-refractivity contribution >= 4 is 45.5 Å². The number of hydrogen-bond donors (Lipinski definition) is 0. The lowest BCUT2D eigenvalue weighted by Gasteiger charge is -2.05. The molecule has 0 saturated carbocycles. The zero-order valence-electron chi connectivity index (χ0n) is 13.6. The number of esters is 1. The normalized spacial score (nSPS) is 11.5. The van der Waals surface area contributed by atoms with E-state index in [9.17, 15) is 9.18 Å². The van der Waals surface area contributed by atoms with Crippen LogP contribution >= 0.6 is 33.9 Å². The van der Waals surface area contributed by atoms with E-state index in [4.69, 9.17) is 4.74 Å². The molecular formula is C19H20FIO2S. The number of unbranched alkanes of at least 4 members (excludes halogenated alkanes) is 1. The highest BCUT2D eigenvalue weighted by atomic mass is 127. The van der Waals surface area contributed by atoms with Gasteiger partial charge in [-0.05, 0) is 66.0 Å². The van der Waals surface area contributed by atoms with Crippen LogP contribution in [0.4, 0.5) is 4.39 Å². The minimum Gasteiger partial charge on any atom is -0.463 e. The summed E-state index contributed by atoms with van der Waals surface area (Å²) in [4.78, 5) is 14.0. The lowest BCUT2D eigenvalue weighted by molar-refractivity contribution is -0.137. The highest BCUT2D eigenvalue weighted by Crippen LogP contribution is 2.34. The lowest BCUT2D eigenvalue weighted by atomic mass is 10.1. The SMILES string of the molecule is CCOC(=O)/C=C(/CCCCI)c1ccc(-c2ccc(F)cc2)s1. The Labute approximate surface area is 159 Å². The summed E-state index contributed by atoms with van der Waals surface area (Å²) in [6.07, 6.45) is 4.62. The highest BCUT2D eigenvalue weighted by Gasteiger charge is 2.10. The minimum atomic E-state index is -0.293. The Morgan fingerprint density at radius 2 is 1.96 bits per heavy atom. The van der Waals surface area contributed by atoms with E-state index in [0.717, 1.165) is 44.6 Å². The Morgan fingerprint density at radius 3 is 2.62 bits per heavy atom. The van der Waals surface area contributed by atoms with Crippen LogP contribution in [-0.2, 0) is 9.53 Å². The summed E-state index contributed by atoms with van der Waals surface area (Å²) in [5, 5.41) is 0. The molecule has 0 saturated heterocycles. The van der Waals surface area contributed by atoms with Gasteiger partial charge in [0.15, 0.2) is 0 Å². The Bertz CT molecular complexity index is 692. The van der Waals surface area contributed by atoms with E-state index in [1.165, 1.54) is 12.1 Å². The van der Waals surface area contributed by atoms with Crippen LogP contribution in [0, 0.1) is 5.82 Å². The molecule has 2 rings (SSSR count). The Morgan fingerprint density at radius 1 is 1.21 bits per heavy atom. The van der Waals surface area contributed by atoms with Crippen molar-refractivity contribution in [3.63, 3.8) is 0 Å². The number of ether oxygens (including phenoxy) is 1. The number of thiophene rings is 1. The molecule has 128 valence electrons. The van der Waals surface area contributed by atoms with Gasteiger partial charge in [0, 0.05) is 15.8 Å². The molecule has 2 nitrogen and oxygen atoms in total. The zero-order chi connectivity index (χ0) is 17.4. The van der Waals surface area contributed by atoms with Crippen LogP contribution < -0.4 is 0 Å². The van der Waals surface area contributed by atoms with Gasteiger partial charge < -0.3 is 4.74 Å². The smallest absolute Gasteiger partial charge is 0.331 e. The molecule has 0 N–H and O–H groups in total. The number of carbonyl (C=O) groups excluding carboxylic acids is 1. The molecule has 2 aromatic rings. The third-order valence-corrected chi connectivity index (χ3v) is 5.43. The maximum absolute atomic E-state index is 13.1. The second-order valence-corrected chi connectivity index (χ2v) is 7.40. The predicted molar refractivity (Wildman–Crippen MR) is 107 cm³/mol. The first-order chi connectivity index (χ1) is 11.6. The Balaban J connectivity index is 2.22. The quantitative estimate of drug-likeness (QED) is 0.157. The minimum absolute atomic E-state index is 0.239. The molecule has 0 aliphatic heterocycles. The van der Waals surface area contributed by atoms with Gasteiger partial charge in [-0.15, -0.1) is 11.3 Å². The van der Waals surface area contributed by atoms with Gasteiger partial charge in [0.05, 0.1) is 6.61 Å². The summed E-state index contributed by atoms with van der Waals surface area (Å²) in [6.45, 7) is 2.18. The third-order valence-electron chi connectivity index (χ3n) is 3.46. The number of halogens is 2. The second-order valence-electron chi connectivity index (χ2n) is 5.24. The van der Waals surface area contributed by atoms with Crippen molar-refractivity contribution < 1.29 is 13.9 Å². The fourth-order valence-electron chi connectivity index (χ4n) is 2.28. The average Bonchev–Trinajstić information content (AvgIpc) is 3.05. The molecule has 0 spiro atoms. The van der Waals surface area contributed by atoms with Crippen LogP contribution in [-0.4, -0.2) is 17.0 Å². The van der Waals surface area contributed by atoms with Gasteiger partial charge in [-0.3, -0.25) is 0 Å². The molecule has 0 aliphatic rings. The van der Waals surface area contributed by atoms with Crippen molar-refractivity contribution in [3.05, 3.63) is 53.2 Å². The lowest BCUT2D eigenvalue weighted by Crippen LogP contribution is -2.00. The predicted octanol–water partition coefficient (Wildman–Crippen LogP) is 6.11. The fraction of sp³-hybridized carbons (Fsp3) is 0.316. The van der Waals surface area contributed by atoms with Crippen molar-refractivity contribution in [3.8, 4) is 10.4 Å². The number of allylic oxidation sites excluding steroid dienone is 1. The van der Waals surface area contributed by atoms with E-state index in [0.29, 0.717) is 6.61 Å². The van der Waals surface area contributed by atoms with E-state index in [1.807, 2.05) is 12.1 Å². The maximum Gasteiger partial charge on any atom is 0.331 e. The first-order valence-corrected chi connectivity index (χ1v) is 10.3. The molecule has 24 heavy (non-hydrogen) atoms. The van der Waals surface area contributed by atoms with E-state index in [-0.39, 0.29) is 11.8 Å². The van der Waals surface area contributed by atoms with Crippen LogP contribution in [0.2, 0.25) is 0 Å². The van der Waals surface area contributed by atoms with Crippen LogP contribution in [0.5, 0.6) is 0 Å². The number of carbonyl (C=O) groups is 1. The molecule has 5 heteroatoms. The Hall–Kier alpha value is -1.21. The summed E-state index contributed by atoms with van der Waals surface area (Å²) in [6, 6.07) is 10.5. The summed E-state index contributed by atoms with van der Waals surface area (Å²) in [5.74, 6) is -0.532. The van der Waals surface area contributed by atoms with E-state index < -0.39 is 0 Å². The second kappa shape index (κ2) is 9.93. The number of hydrogen-bond acceptors (Lipinski definition) is 3. The summed E-state index contributed by atoms with van der Waals surface area (Å²) in [7, 11) is 0. The van der Waals surface area contributed by atoms with Crippen LogP contribution in [0.3, 0.4) is 0 Å². The van der Waals surface area contributed by atoms with Gasteiger partial charge in [-0.2, -0.15) is 0 Å². The first kappa shape index (κ1) is 19.1. The topological polar surface area (TPSA) is 26.3 Å². The van der Waals surface area contributed by atoms with E-state index in [2.05, 4.69) is 22.6 Å². The number of rotatable bonds is 8. The molecule has 0 atom stereocenters. The van der Waals surface area contributed by atoms with Gasteiger partial charge in [0.25, 0.3) is 0 Å². The molecule has 1 aromatic carbocycles. The van der Waals surface area contributed by atoms with Gasteiger partial charge in [-0.1, -0.05) is 34.7 Å². The van der Waals surface area contributed by atoms with Crippen molar-refractivity contribution in [1.82, 2.24) is 0 Å². The van der Waals surface area contributed by atoms with Crippen LogP contribution in [0.1, 0.15) is 31.1 Å².